The SMILES string of the molecule is CCCCCCCCC(CCCCC)C(=O)OCCCCCCCCCN(CCO)CCCCCCCCCOC(=O)C(CCCCCC)CCCCCCCC. The molecule has 0 amide bonds. The van der Waals surface area contributed by atoms with E-state index in [1.807, 2.05) is 0 Å². The maximum Gasteiger partial charge on any atom is 0.308 e. The Hall–Kier alpha value is -1.14. The van der Waals surface area contributed by atoms with E-state index in [0.717, 1.165) is 96.7 Å². The van der Waals surface area contributed by atoms with Crippen LogP contribution in [-0.2, 0) is 19.1 Å². The second-order valence-corrected chi connectivity index (χ2v) is 17.7. The van der Waals surface area contributed by atoms with Gasteiger partial charge in [0.05, 0.1) is 31.7 Å². The highest BCUT2D eigenvalue weighted by Gasteiger charge is 2.20. The van der Waals surface area contributed by atoms with E-state index in [2.05, 4.69) is 32.6 Å². The summed E-state index contributed by atoms with van der Waals surface area (Å²) < 4.78 is 11.6. The summed E-state index contributed by atoms with van der Waals surface area (Å²) in [6, 6.07) is 0. The van der Waals surface area contributed by atoms with E-state index in [0.29, 0.717) is 13.2 Å². The van der Waals surface area contributed by atoms with Crippen molar-refractivity contribution in [3.05, 3.63) is 0 Å². The van der Waals surface area contributed by atoms with Crippen LogP contribution < -0.4 is 0 Å². The molecule has 6 nitrogen and oxygen atoms in total. The van der Waals surface area contributed by atoms with Crippen LogP contribution in [0.1, 0.15) is 265 Å². The lowest BCUT2D eigenvalue weighted by molar-refractivity contribution is -0.150. The summed E-state index contributed by atoms with van der Waals surface area (Å²) in [5.74, 6) is 0.347. The smallest absolute Gasteiger partial charge is 0.308 e. The highest BCUT2D eigenvalue weighted by molar-refractivity contribution is 5.72. The summed E-state index contributed by atoms with van der Waals surface area (Å²) in [7, 11) is 0. The molecule has 0 heterocycles. The molecule has 0 radical (unpaired) electrons. The lowest BCUT2D eigenvalue weighted by atomic mass is 9.94. The highest BCUT2D eigenvalue weighted by atomic mass is 16.5. The molecule has 0 aromatic carbocycles. The summed E-state index contributed by atoms with van der Waals surface area (Å²) in [6.07, 6.45) is 44.5. The van der Waals surface area contributed by atoms with Crippen molar-refractivity contribution in [3.63, 3.8) is 0 Å². The molecule has 0 bridgehead atoms. The number of unbranched alkanes of at least 4 members (excludes halogenated alkanes) is 27. The van der Waals surface area contributed by atoms with Gasteiger partial charge in [0.25, 0.3) is 0 Å². The molecular formula is C51H101NO5. The first-order valence-corrected chi connectivity index (χ1v) is 25.7. The first-order valence-electron chi connectivity index (χ1n) is 25.7. The van der Waals surface area contributed by atoms with Gasteiger partial charge in [-0.1, -0.05) is 214 Å². The minimum absolute atomic E-state index is 0.0634. The topological polar surface area (TPSA) is 76.1 Å². The van der Waals surface area contributed by atoms with E-state index in [4.69, 9.17) is 9.47 Å². The van der Waals surface area contributed by atoms with Crippen LogP contribution >= 0.6 is 0 Å². The Bertz CT molecular complexity index is 821. The van der Waals surface area contributed by atoms with Crippen molar-refractivity contribution in [1.82, 2.24) is 4.90 Å². The molecule has 57 heavy (non-hydrogen) atoms. The third kappa shape index (κ3) is 38.8. The number of carbonyl (C=O) groups excluding carboxylic acids is 2. The fourth-order valence-corrected chi connectivity index (χ4v) is 8.26. The molecule has 2 unspecified atom stereocenters. The second kappa shape index (κ2) is 45.9. The van der Waals surface area contributed by atoms with Gasteiger partial charge < -0.3 is 19.5 Å². The number of esters is 2. The molecular weight excluding hydrogens is 707 g/mol. The molecule has 0 fully saturated rings. The molecule has 6 heteroatoms. The van der Waals surface area contributed by atoms with Crippen LogP contribution in [0.4, 0.5) is 0 Å². The van der Waals surface area contributed by atoms with Crippen LogP contribution in [0.5, 0.6) is 0 Å². The molecule has 0 rings (SSSR count). The van der Waals surface area contributed by atoms with E-state index < -0.39 is 0 Å². The fourth-order valence-electron chi connectivity index (χ4n) is 8.26. The van der Waals surface area contributed by atoms with E-state index in [1.165, 1.54) is 161 Å². The maximum atomic E-state index is 12.9. The molecule has 1 N–H and O–H groups in total. The first kappa shape index (κ1) is 55.9. The van der Waals surface area contributed by atoms with Gasteiger partial charge in [-0.15, -0.1) is 0 Å². The van der Waals surface area contributed by atoms with Crippen LogP contribution in [-0.4, -0.2) is 61.4 Å². The molecule has 0 aliphatic carbocycles. The Morgan fingerprint density at radius 3 is 0.982 bits per heavy atom. The summed E-state index contributed by atoms with van der Waals surface area (Å²) in [6.45, 7) is 13.4. The Morgan fingerprint density at radius 1 is 0.368 bits per heavy atom. The van der Waals surface area contributed by atoms with Crippen molar-refractivity contribution in [2.75, 3.05) is 39.5 Å². The predicted molar refractivity (Wildman–Crippen MR) is 246 cm³/mol. The third-order valence-electron chi connectivity index (χ3n) is 12.2. The largest absolute Gasteiger partial charge is 0.465 e. The number of rotatable bonds is 47. The van der Waals surface area contributed by atoms with Gasteiger partial charge in [-0.3, -0.25) is 9.59 Å². The van der Waals surface area contributed by atoms with Gasteiger partial charge in [0, 0.05) is 6.54 Å². The normalized spacial score (nSPS) is 12.7. The van der Waals surface area contributed by atoms with E-state index in [1.54, 1.807) is 0 Å². The van der Waals surface area contributed by atoms with E-state index in [-0.39, 0.29) is 30.4 Å². The molecule has 0 aromatic rings. The van der Waals surface area contributed by atoms with Gasteiger partial charge in [0.2, 0.25) is 0 Å². The number of ether oxygens (including phenoxy) is 2. The zero-order chi connectivity index (χ0) is 41.7. The van der Waals surface area contributed by atoms with Gasteiger partial charge in [0.15, 0.2) is 0 Å². The lowest BCUT2D eigenvalue weighted by Gasteiger charge is -2.21. The number of hydrogen-bond acceptors (Lipinski definition) is 6. The molecule has 0 aliphatic heterocycles. The molecule has 2 atom stereocenters. The van der Waals surface area contributed by atoms with Crippen LogP contribution in [0.15, 0.2) is 0 Å². The first-order chi connectivity index (χ1) is 28.0. The summed E-state index contributed by atoms with van der Waals surface area (Å²) in [4.78, 5) is 28.2. The number of nitrogens with zero attached hydrogens (tertiary/aromatic N) is 1. The summed E-state index contributed by atoms with van der Waals surface area (Å²) in [5.41, 5.74) is 0. The minimum Gasteiger partial charge on any atom is -0.465 e. The number of aliphatic hydroxyl groups excluding tert-OH is 1. The Labute approximate surface area is 356 Å². The average Bonchev–Trinajstić information content (AvgIpc) is 3.21. The highest BCUT2D eigenvalue weighted by Crippen LogP contribution is 2.22. The zero-order valence-electron chi connectivity index (χ0n) is 39.1. The zero-order valence-corrected chi connectivity index (χ0v) is 39.1. The number of hydrogen-bond donors (Lipinski definition) is 1. The summed E-state index contributed by atoms with van der Waals surface area (Å²) >= 11 is 0. The lowest BCUT2D eigenvalue weighted by Crippen LogP contribution is -2.29. The number of aliphatic hydroxyl groups is 1. The van der Waals surface area contributed by atoms with E-state index in [9.17, 15) is 14.7 Å². The second-order valence-electron chi connectivity index (χ2n) is 17.7. The predicted octanol–water partition coefficient (Wildman–Crippen LogP) is 15.1. The Kier molecular flexibility index (Phi) is 45.0. The van der Waals surface area contributed by atoms with E-state index >= 15 is 0 Å². The molecule has 340 valence electrons. The van der Waals surface area contributed by atoms with Crippen LogP contribution in [0.3, 0.4) is 0 Å². The maximum absolute atomic E-state index is 12.9. The molecule has 0 aromatic heterocycles. The van der Waals surface area contributed by atoms with Crippen molar-refractivity contribution in [1.29, 1.82) is 0 Å². The van der Waals surface area contributed by atoms with Gasteiger partial charge in [0.1, 0.15) is 0 Å². The fraction of sp³-hybridized carbons (Fsp3) is 0.961. The molecule has 0 saturated carbocycles. The van der Waals surface area contributed by atoms with Gasteiger partial charge in [-0.2, -0.15) is 0 Å². The monoisotopic (exact) mass is 808 g/mol. The Balaban J connectivity index is 3.96. The standard InChI is InChI=1S/C51H101NO5/c1-5-9-13-16-24-32-40-48(38-30-12-8-4)50(54)56-46-36-28-22-18-20-26-34-42-52(44-45-53)43-35-27-21-19-23-29-37-47-57-51(55)49(39-31-15-11-7-3)41-33-25-17-14-10-6-2/h48-49,53H,5-47H2,1-4H3. The van der Waals surface area contributed by atoms with Gasteiger partial charge in [-0.05, 0) is 64.5 Å². The Morgan fingerprint density at radius 2 is 0.632 bits per heavy atom. The van der Waals surface area contributed by atoms with Crippen molar-refractivity contribution in [2.24, 2.45) is 11.8 Å². The van der Waals surface area contributed by atoms with Crippen LogP contribution in [0, 0.1) is 11.8 Å². The minimum atomic E-state index is 0.0634. The number of carbonyl (C=O) groups is 2. The van der Waals surface area contributed by atoms with Crippen molar-refractivity contribution in [2.45, 2.75) is 265 Å². The van der Waals surface area contributed by atoms with Gasteiger partial charge in [-0.25, -0.2) is 0 Å². The van der Waals surface area contributed by atoms with Crippen LogP contribution in [0.2, 0.25) is 0 Å². The van der Waals surface area contributed by atoms with Crippen molar-refractivity contribution in [3.8, 4) is 0 Å². The summed E-state index contributed by atoms with van der Waals surface area (Å²) in [5, 5.41) is 9.60. The average molecular weight is 808 g/mol. The molecule has 0 aliphatic rings. The van der Waals surface area contributed by atoms with Crippen LogP contribution in [0.25, 0.3) is 0 Å². The quantitative estimate of drug-likeness (QED) is 0.0487. The van der Waals surface area contributed by atoms with Gasteiger partial charge >= 0.3 is 11.9 Å². The van der Waals surface area contributed by atoms with Crippen molar-refractivity contribution >= 4 is 11.9 Å². The molecule has 0 saturated heterocycles. The van der Waals surface area contributed by atoms with Crippen molar-refractivity contribution < 1.29 is 24.2 Å². The molecule has 0 spiro atoms. The third-order valence-corrected chi connectivity index (χ3v) is 12.2.